The lowest BCUT2D eigenvalue weighted by atomic mass is 10.1. The van der Waals surface area contributed by atoms with Crippen molar-refractivity contribution in [1.29, 1.82) is 5.26 Å². The van der Waals surface area contributed by atoms with Crippen LogP contribution in [0.5, 0.6) is 0 Å². The first kappa shape index (κ1) is 16.0. The predicted molar refractivity (Wildman–Crippen MR) is 87.7 cm³/mol. The smallest absolute Gasteiger partial charge is 0.238 e. The number of hydrogen-bond acceptors (Lipinski definition) is 3. The summed E-state index contributed by atoms with van der Waals surface area (Å²) in [5, 5.41) is 15.4. The fourth-order valence-corrected chi connectivity index (χ4v) is 2.21. The molecule has 0 aliphatic heterocycles. The Morgan fingerprint density at radius 1 is 1.27 bits per heavy atom. The number of halogens is 1. The third-order valence-corrected chi connectivity index (χ3v) is 3.43. The molecule has 0 fully saturated rings. The normalized spacial score (nSPS) is 11.5. The monoisotopic (exact) mass is 313 g/mol. The van der Waals surface area contributed by atoms with Gasteiger partial charge in [0, 0.05) is 16.8 Å². The number of nitriles is 1. The molecular formula is C17H16ClN3O. The zero-order valence-electron chi connectivity index (χ0n) is 12.1. The van der Waals surface area contributed by atoms with Crippen molar-refractivity contribution in [3.8, 4) is 6.07 Å². The lowest BCUT2D eigenvalue weighted by molar-refractivity contribution is -0.115. The van der Waals surface area contributed by atoms with E-state index < -0.39 is 0 Å². The van der Waals surface area contributed by atoms with Gasteiger partial charge in [0.1, 0.15) is 0 Å². The van der Waals surface area contributed by atoms with Crippen LogP contribution >= 0.6 is 11.6 Å². The molecule has 0 saturated carbocycles. The minimum atomic E-state index is -0.163. The highest BCUT2D eigenvalue weighted by atomic mass is 35.5. The minimum absolute atomic E-state index is 0.00916. The Bertz CT molecular complexity index is 709. The highest BCUT2D eigenvalue weighted by Crippen LogP contribution is 2.17. The van der Waals surface area contributed by atoms with E-state index in [9.17, 15) is 4.79 Å². The van der Waals surface area contributed by atoms with Gasteiger partial charge >= 0.3 is 0 Å². The van der Waals surface area contributed by atoms with Crippen LogP contribution in [0.4, 0.5) is 5.69 Å². The Balaban J connectivity index is 1.88. The number of benzene rings is 2. The molecular weight excluding hydrogens is 298 g/mol. The summed E-state index contributed by atoms with van der Waals surface area (Å²) in [6, 6.07) is 16.4. The zero-order valence-corrected chi connectivity index (χ0v) is 12.9. The first-order valence-electron chi connectivity index (χ1n) is 6.87. The predicted octanol–water partition coefficient (Wildman–Crippen LogP) is 3.50. The van der Waals surface area contributed by atoms with Gasteiger partial charge in [-0.3, -0.25) is 4.79 Å². The molecule has 2 N–H and O–H groups in total. The van der Waals surface area contributed by atoms with Gasteiger partial charge in [-0.2, -0.15) is 5.26 Å². The van der Waals surface area contributed by atoms with Gasteiger partial charge in [-0.15, -0.1) is 0 Å². The molecule has 0 aromatic heterocycles. The van der Waals surface area contributed by atoms with Gasteiger partial charge in [-0.25, -0.2) is 0 Å². The molecule has 0 aliphatic carbocycles. The standard InChI is InChI=1S/C17H16ClN3O/c1-12(14-5-3-6-15(18)9-14)20-11-17(22)21-16-7-2-4-13(8-16)10-19/h2-9,12,20H,11H2,1H3,(H,21,22)/t12-/m0/s1. The summed E-state index contributed by atoms with van der Waals surface area (Å²) in [6.07, 6.45) is 0. The molecule has 0 bridgehead atoms. The second kappa shape index (κ2) is 7.60. The number of carbonyl (C=O) groups is 1. The van der Waals surface area contributed by atoms with E-state index in [0.29, 0.717) is 16.3 Å². The lowest BCUT2D eigenvalue weighted by Gasteiger charge is -2.14. The van der Waals surface area contributed by atoms with Crippen molar-refractivity contribution in [2.45, 2.75) is 13.0 Å². The summed E-state index contributed by atoms with van der Waals surface area (Å²) in [7, 11) is 0. The van der Waals surface area contributed by atoms with E-state index in [-0.39, 0.29) is 18.5 Å². The SMILES string of the molecule is C[C@H](NCC(=O)Nc1cccc(C#N)c1)c1cccc(Cl)c1. The molecule has 112 valence electrons. The Morgan fingerprint density at radius 3 is 2.77 bits per heavy atom. The Morgan fingerprint density at radius 2 is 2.05 bits per heavy atom. The first-order valence-corrected chi connectivity index (χ1v) is 7.25. The van der Waals surface area contributed by atoms with Crippen LogP contribution in [-0.2, 0) is 4.79 Å². The third kappa shape index (κ3) is 4.59. The molecule has 4 nitrogen and oxygen atoms in total. The van der Waals surface area contributed by atoms with Crippen LogP contribution in [0.15, 0.2) is 48.5 Å². The molecule has 22 heavy (non-hydrogen) atoms. The summed E-state index contributed by atoms with van der Waals surface area (Å²) < 4.78 is 0. The molecule has 1 amide bonds. The summed E-state index contributed by atoms with van der Waals surface area (Å²) in [6.45, 7) is 2.14. The molecule has 1 atom stereocenters. The summed E-state index contributed by atoms with van der Waals surface area (Å²) in [4.78, 5) is 11.9. The van der Waals surface area contributed by atoms with E-state index in [2.05, 4.69) is 10.6 Å². The van der Waals surface area contributed by atoms with Crippen molar-refractivity contribution < 1.29 is 4.79 Å². The van der Waals surface area contributed by atoms with Crippen LogP contribution in [0, 0.1) is 11.3 Å². The fourth-order valence-electron chi connectivity index (χ4n) is 2.01. The average molecular weight is 314 g/mol. The number of nitrogens with one attached hydrogen (secondary N) is 2. The highest BCUT2D eigenvalue weighted by molar-refractivity contribution is 6.30. The molecule has 0 heterocycles. The van der Waals surface area contributed by atoms with Crippen LogP contribution in [0.2, 0.25) is 5.02 Å². The second-order valence-corrected chi connectivity index (χ2v) is 5.33. The number of anilines is 1. The average Bonchev–Trinajstić information content (AvgIpc) is 2.52. The molecule has 0 radical (unpaired) electrons. The minimum Gasteiger partial charge on any atom is -0.325 e. The van der Waals surface area contributed by atoms with Crippen molar-refractivity contribution in [2.24, 2.45) is 0 Å². The van der Waals surface area contributed by atoms with Gasteiger partial charge in [0.2, 0.25) is 5.91 Å². The Hall–Kier alpha value is -2.35. The van der Waals surface area contributed by atoms with Crippen LogP contribution < -0.4 is 10.6 Å². The molecule has 0 aliphatic rings. The molecule has 0 saturated heterocycles. The summed E-state index contributed by atoms with van der Waals surface area (Å²) in [5.41, 5.74) is 2.14. The van der Waals surface area contributed by atoms with E-state index in [1.165, 1.54) is 0 Å². The quantitative estimate of drug-likeness (QED) is 0.888. The zero-order chi connectivity index (χ0) is 15.9. The molecule has 0 spiro atoms. The molecule has 0 unspecified atom stereocenters. The molecule has 5 heteroatoms. The third-order valence-electron chi connectivity index (χ3n) is 3.19. The van der Waals surface area contributed by atoms with Gasteiger partial charge < -0.3 is 10.6 Å². The highest BCUT2D eigenvalue weighted by Gasteiger charge is 2.08. The number of rotatable bonds is 5. The maximum absolute atomic E-state index is 11.9. The number of hydrogen-bond donors (Lipinski definition) is 2. The van der Waals surface area contributed by atoms with E-state index in [1.54, 1.807) is 24.3 Å². The van der Waals surface area contributed by atoms with Crippen molar-refractivity contribution in [3.05, 3.63) is 64.7 Å². The number of carbonyl (C=O) groups excluding carboxylic acids is 1. The maximum atomic E-state index is 11.9. The van der Waals surface area contributed by atoms with E-state index in [1.807, 2.05) is 37.3 Å². The molecule has 2 rings (SSSR count). The van der Waals surface area contributed by atoms with Crippen molar-refractivity contribution >= 4 is 23.2 Å². The van der Waals surface area contributed by atoms with E-state index >= 15 is 0 Å². The largest absolute Gasteiger partial charge is 0.325 e. The van der Waals surface area contributed by atoms with Crippen molar-refractivity contribution in [3.63, 3.8) is 0 Å². The Labute approximate surface area is 134 Å². The van der Waals surface area contributed by atoms with Crippen molar-refractivity contribution in [2.75, 3.05) is 11.9 Å². The van der Waals surface area contributed by atoms with Crippen LogP contribution in [0.3, 0.4) is 0 Å². The molecule has 2 aromatic carbocycles. The van der Waals surface area contributed by atoms with Crippen molar-refractivity contribution in [1.82, 2.24) is 5.32 Å². The second-order valence-electron chi connectivity index (χ2n) is 4.90. The fraction of sp³-hybridized carbons (Fsp3) is 0.176. The van der Waals surface area contributed by atoms with Gasteiger partial charge in [-0.05, 0) is 42.8 Å². The van der Waals surface area contributed by atoms with Crippen LogP contribution in [-0.4, -0.2) is 12.5 Å². The first-order chi connectivity index (χ1) is 10.6. The lowest BCUT2D eigenvalue weighted by Crippen LogP contribution is -2.30. The number of amides is 1. The molecule has 2 aromatic rings. The summed E-state index contributed by atoms with van der Waals surface area (Å²) in [5.74, 6) is -0.163. The van der Waals surface area contributed by atoms with Gasteiger partial charge in [-0.1, -0.05) is 29.8 Å². The van der Waals surface area contributed by atoms with Gasteiger partial charge in [0.25, 0.3) is 0 Å². The van der Waals surface area contributed by atoms with Crippen LogP contribution in [0.1, 0.15) is 24.1 Å². The topological polar surface area (TPSA) is 64.9 Å². The summed E-state index contributed by atoms with van der Waals surface area (Å²) >= 11 is 5.95. The van der Waals surface area contributed by atoms with Gasteiger partial charge in [0.15, 0.2) is 0 Å². The van der Waals surface area contributed by atoms with Gasteiger partial charge in [0.05, 0.1) is 18.2 Å². The number of nitrogens with zero attached hydrogens (tertiary/aromatic N) is 1. The van der Waals surface area contributed by atoms with E-state index in [4.69, 9.17) is 16.9 Å². The van der Waals surface area contributed by atoms with E-state index in [0.717, 1.165) is 5.56 Å². The van der Waals surface area contributed by atoms with Crippen LogP contribution in [0.25, 0.3) is 0 Å². The maximum Gasteiger partial charge on any atom is 0.238 e. The Kier molecular flexibility index (Phi) is 5.54.